The second-order valence-corrected chi connectivity index (χ2v) is 5.90. The lowest BCUT2D eigenvalue weighted by molar-refractivity contribution is -0.144. The molecule has 1 aromatic carbocycles. The number of nitrogens with one attached hydrogen (secondary N) is 2. The van der Waals surface area contributed by atoms with Crippen LogP contribution in [0.25, 0.3) is 0 Å². The average Bonchev–Trinajstić information content (AvgIpc) is 2.57. The van der Waals surface area contributed by atoms with Crippen molar-refractivity contribution in [3.05, 3.63) is 47.0 Å². The van der Waals surface area contributed by atoms with Crippen LogP contribution in [0.1, 0.15) is 12.0 Å². The Bertz CT molecular complexity index is 591. The monoisotopic (exact) mass is 398 g/mol. The normalized spacial score (nSPS) is 11.1. The van der Waals surface area contributed by atoms with Crippen molar-refractivity contribution in [1.29, 1.82) is 0 Å². The van der Waals surface area contributed by atoms with Gasteiger partial charge in [0.15, 0.2) is 0 Å². The highest BCUT2D eigenvalue weighted by atomic mass is 79.9. The van der Waals surface area contributed by atoms with Crippen molar-refractivity contribution in [2.45, 2.75) is 19.1 Å². The molecule has 1 rings (SSSR count). The first-order chi connectivity index (χ1) is 11.4. The van der Waals surface area contributed by atoms with E-state index in [4.69, 9.17) is 4.74 Å². The number of carbonyl (C=O) groups is 3. The Labute approximate surface area is 148 Å². The van der Waals surface area contributed by atoms with E-state index in [1.807, 2.05) is 30.3 Å². The smallest absolute Gasteiger partial charge is 0.407 e. The van der Waals surface area contributed by atoms with Crippen molar-refractivity contribution < 1.29 is 23.9 Å². The Kier molecular flexibility index (Phi) is 8.56. The number of rotatable bonds is 8. The van der Waals surface area contributed by atoms with Crippen molar-refractivity contribution in [3.63, 3.8) is 0 Å². The summed E-state index contributed by atoms with van der Waals surface area (Å²) in [5, 5.41) is 4.76. The van der Waals surface area contributed by atoms with Crippen LogP contribution in [-0.2, 0) is 25.7 Å². The molecule has 0 aliphatic heterocycles. The summed E-state index contributed by atoms with van der Waals surface area (Å²) in [6.07, 6.45) is -0.551. The van der Waals surface area contributed by atoms with E-state index < -0.39 is 24.0 Å². The average molecular weight is 399 g/mol. The maximum atomic E-state index is 11.8. The molecule has 24 heavy (non-hydrogen) atoms. The van der Waals surface area contributed by atoms with Gasteiger partial charge in [-0.15, -0.1) is 0 Å². The first kappa shape index (κ1) is 19.7. The minimum absolute atomic E-state index is 0.0997. The molecule has 0 heterocycles. The van der Waals surface area contributed by atoms with Gasteiger partial charge in [0.2, 0.25) is 5.91 Å². The van der Waals surface area contributed by atoms with Crippen LogP contribution in [0, 0.1) is 0 Å². The number of halogens is 1. The summed E-state index contributed by atoms with van der Waals surface area (Å²) in [5.74, 6) is -1.15. The molecule has 2 N–H and O–H groups in total. The predicted molar refractivity (Wildman–Crippen MR) is 91.3 cm³/mol. The number of amides is 2. The molecular formula is C16H19BrN2O5. The highest BCUT2D eigenvalue weighted by Crippen LogP contribution is 2.10. The quantitative estimate of drug-likeness (QED) is 0.651. The fraction of sp³-hybridized carbons (Fsp3) is 0.312. The molecule has 0 aliphatic rings. The fourth-order valence-electron chi connectivity index (χ4n) is 1.73. The van der Waals surface area contributed by atoms with Gasteiger partial charge in [0.05, 0.1) is 7.11 Å². The molecule has 0 saturated heterocycles. The molecule has 2 amide bonds. The summed E-state index contributed by atoms with van der Waals surface area (Å²) < 4.78 is 10.1. The fourth-order valence-corrected chi connectivity index (χ4v) is 2.05. The van der Waals surface area contributed by atoms with Gasteiger partial charge in [-0.05, 0) is 10.0 Å². The van der Waals surface area contributed by atoms with Gasteiger partial charge < -0.3 is 20.1 Å². The van der Waals surface area contributed by atoms with E-state index in [1.54, 1.807) is 0 Å². The Morgan fingerprint density at radius 3 is 2.50 bits per heavy atom. The topological polar surface area (TPSA) is 93.7 Å². The van der Waals surface area contributed by atoms with Crippen molar-refractivity contribution >= 4 is 33.9 Å². The molecule has 0 saturated carbocycles. The van der Waals surface area contributed by atoms with E-state index in [-0.39, 0.29) is 19.6 Å². The summed E-state index contributed by atoms with van der Waals surface area (Å²) in [6, 6.07) is 8.26. The lowest BCUT2D eigenvalue weighted by Crippen LogP contribution is -2.46. The largest absolute Gasteiger partial charge is 0.467 e. The molecule has 1 aromatic rings. The summed E-state index contributed by atoms with van der Waals surface area (Å²) in [7, 11) is 1.22. The lowest BCUT2D eigenvalue weighted by Gasteiger charge is -2.16. The highest BCUT2D eigenvalue weighted by Gasteiger charge is 2.22. The molecule has 130 valence electrons. The number of carbonyl (C=O) groups excluding carboxylic acids is 3. The summed E-state index contributed by atoms with van der Waals surface area (Å²) >= 11 is 3.12. The molecular weight excluding hydrogens is 380 g/mol. The molecule has 8 heteroatoms. The standard InChI is InChI=1S/C16H19BrN2O5/c1-11(17)8-13(15(21)23-2)19-14(20)9-18-16(22)24-10-12-6-4-3-5-7-12/h3-7,13H,1,8-10H2,2H3,(H,18,22)(H,19,20)/t13-/m1/s1. The number of esters is 1. The van der Waals surface area contributed by atoms with Gasteiger partial charge in [0.25, 0.3) is 0 Å². The summed E-state index contributed by atoms with van der Waals surface area (Å²) in [5.41, 5.74) is 0.832. The van der Waals surface area contributed by atoms with Gasteiger partial charge in [-0.25, -0.2) is 9.59 Å². The molecule has 0 bridgehead atoms. The highest BCUT2D eigenvalue weighted by molar-refractivity contribution is 9.11. The van der Waals surface area contributed by atoms with Gasteiger partial charge in [-0.2, -0.15) is 0 Å². The third-order valence-electron chi connectivity index (χ3n) is 2.85. The van der Waals surface area contributed by atoms with Crippen molar-refractivity contribution in [3.8, 4) is 0 Å². The zero-order chi connectivity index (χ0) is 17.9. The van der Waals surface area contributed by atoms with E-state index in [9.17, 15) is 14.4 Å². The second-order valence-electron chi connectivity index (χ2n) is 4.78. The Hall–Kier alpha value is -2.35. The van der Waals surface area contributed by atoms with Gasteiger partial charge in [-0.3, -0.25) is 4.79 Å². The van der Waals surface area contributed by atoms with Crippen LogP contribution in [0.3, 0.4) is 0 Å². The first-order valence-electron chi connectivity index (χ1n) is 7.07. The molecule has 0 radical (unpaired) electrons. The van der Waals surface area contributed by atoms with E-state index in [0.717, 1.165) is 5.56 Å². The minimum atomic E-state index is -0.878. The molecule has 0 aromatic heterocycles. The zero-order valence-electron chi connectivity index (χ0n) is 13.2. The lowest BCUT2D eigenvalue weighted by atomic mass is 10.2. The van der Waals surface area contributed by atoms with Crippen LogP contribution in [0.15, 0.2) is 41.4 Å². The van der Waals surface area contributed by atoms with Crippen LogP contribution < -0.4 is 10.6 Å². The number of hydrogen-bond donors (Lipinski definition) is 2. The molecule has 7 nitrogen and oxygen atoms in total. The molecule has 0 unspecified atom stereocenters. The van der Waals surface area contributed by atoms with E-state index in [1.165, 1.54) is 7.11 Å². The number of benzene rings is 1. The van der Waals surface area contributed by atoms with Crippen LogP contribution in [0.5, 0.6) is 0 Å². The van der Waals surface area contributed by atoms with Gasteiger partial charge >= 0.3 is 12.1 Å². The third kappa shape index (κ3) is 7.77. The van der Waals surface area contributed by atoms with Gasteiger partial charge in [0, 0.05) is 6.42 Å². The van der Waals surface area contributed by atoms with Crippen LogP contribution >= 0.6 is 15.9 Å². The maximum Gasteiger partial charge on any atom is 0.407 e. The third-order valence-corrected chi connectivity index (χ3v) is 3.18. The molecule has 0 spiro atoms. The maximum absolute atomic E-state index is 11.8. The van der Waals surface area contributed by atoms with E-state index in [0.29, 0.717) is 4.48 Å². The SMILES string of the molecule is C=C(Br)C[C@@H](NC(=O)CNC(=O)OCc1ccccc1)C(=O)OC. The zero-order valence-corrected chi connectivity index (χ0v) is 14.8. The van der Waals surface area contributed by atoms with Crippen LogP contribution in [0.2, 0.25) is 0 Å². The van der Waals surface area contributed by atoms with Crippen molar-refractivity contribution in [2.75, 3.05) is 13.7 Å². The Morgan fingerprint density at radius 1 is 1.25 bits per heavy atom. The second kappa shape index (κ2) is 10.4. The summed E-state index contributed by atoms with van der Waals surface area (Å²) in [6.45, 7) is 3.39. The molecule has 0 aliphatic carbocycles. The van der Waals surface area contributed by atoms with Crippen molar-refractivity contribution in [1.82, 2.24) is 10.6 Å². The van der Waals surface area contributed by atoms with E-state index >= 15 is 0 Å². The number of ether oxygens (including phenoxy) is 2. The summed E-state index contributed by atoms with van der Waals surface area (Å²) in [4.78, 5) is 34.9. The van der Waals surface area contributed by atoms with Gasteiger partial charge in [-0.1, -0.05) is 52.8 Å². The number of methoxy groups -OCH3 is 1. The van der Waals surface area contributed by atoms with Crippen LogP contribution in [-0.4, -0.2) is 37.7 Å². The van der Waals surface area contributed by atoms with E-state index in [2.05, 4.69) is 37.9 Å². The van der Waals surface area contributed by atoms with Crippen LogP contribution in [0.4, 0.5) is 4.79 Å². The van der Waals surface area contributed by atoms with Gasteiger partial charge in [0.1, 0.15) is 19.2 Å². The molecule has 1 atom stereocenters. The molecule has 0 fully saturated rings. The predicted octanol–water partition coefficient (Wildman–Crippen LogP) is 1.87. The minimum Gasteiger partial charge on any atom is -0.467 e. The van der Waals surface area contributed by atoms with Crippen molar-refractivity contribution in [2.24, 2.45) is 0 Å². The Balaban J connectivity index is 2.36. The Morgan fingerprint density at radius 2 is 1.92 bits per heavy atom. The first-order valence-corrected chi connectivity index (χ1v) is 7.86. The number of alkyl carbamates (subject to hydrolysis) is 1. The number of hydrogen-bond acceptors (Lipinski definition) is 5.